The molecule has 25 heavy (non-hydrogen) atoms. The summed E-state index contributed by atoms with van der Waals surface area (Å²) in [5.74, 6) is 0.807. The molecule has 2 aromatic rings. The van der Waals surface area contributed by atoms with Gasteiger partial charge < -0.3 is 15.5 Å². The van der Waals surface area contributed by atoms with Gasteiger partial charge in [-0.1, -0.05) is 24.3 Å². The molecule has 0 fully saturated rings. The largest absolute Gasteiger partial charge is 0.354 e. The fraction of sp³-hybridized carbons (Fsp3) is 0.389. The van der Waals surface area contributed by atoms with E-state index in [1.165, 1.54) is 22.5 Å². The molecule has 0 saturated heterocycles. The number of nitrogens with one attached hydrogen (secondary N) is 2. The molecule has 3 rings (SSSR count). The Morgan fingerprint density at radius 1 is 1.28 bits per heavy atom. The number of hydrogen-bond donors (Lipinski definition) is 2. The molecule has 1 aromatic carbocycles. The number of guanidine groups is 1. The van der Waals surface area contributed by atoms with E-state index in [9.17, 15) is 4.79 Å². The normalized spacial score (nSPS) is 14.2. The fourth-order valence-corrected chi connectivity index (χ4v) is 3.68. The minimum Gasteiger partial charge on any atom is -0.354 e. The molecule has 1 aliphatic rings. The van der Waals surface area contributed by atoms with E-state index in [0.717, 1.165) is 31.2 Å². The molecule has 1 aromatic heterocycles. The van der Waals surface area contributed by atoms with Gasteiger partial charge in [0.1, 0.15) is 4.88 Å². The number of rotatable bonds is 4. The number of fused-ring (bicyclic) bond motifs is 1. The number of carbonyl (C=O) groups excluding carboxylic acids is 1. The van der Waals surface area contributed by atoms with Crippen molar-refractivity contribution in [1.29, 1.82) is 0 Å². The number of nitrogens with zero attached hydrogens (tertiary/aromatic N) is 3. The number of aliphatic imine (C=N–C) groups is 1. The third kappa shape index (κ3) is 4.17. The molecule has 1 aliphatic heterocycles. The summed E-state index contributed by atoms with van der Waals surface area (Å²) in [4.78, 5) is 23.5. The molecule has 0 atom stereocenters. The lowest BCUT2D eigenvalue weighted by Crippen LogP contribution is -2.46. The highest BCUT2D eigenvalue weighted by Crippen LogP contribution is 2.18. The molecule has 2 N–H and O–H groups in total. The van der Waals surface area contributed by atoms with Crippen molar-refractivity contribution in [3.05, 3.63) is 51.5 Å². The molecule has 1 amide bonds. The van der Waals surface area contributed by atoms with E-state index < -0.39 is 0 Å². The fourth-order valence-electron chi connectivity index (χ4n) is 2.96. The van der Waals surface area contributed by atoms with Crippen molar-refractivity contribution < 1.29 is 4.79 Å². The molecule has 0 bridgehead atoms. The molecule has 6 nitrogen and oxygen atoms in total. The maximum Gasteiger partial charge on any atom is 0.263 e. The van der Waals surface area contributed by atoms with Crippen LogP contribution >= 0.6 is 11.3 Å². The van der Waals surface area contributed by atoms with Crippen LogP contribution in [0, 0.1) is 6.92 Å². The van der Waals surface area contributed by atoms with Gasteiger partial charge in [0.2, 0.25) is 0 Å². The summed E-state index contributed by atoms with van der Waals surface area (Å²) >= 11 is 1.37. The van der Waals surface area contributed by atoms with Crippen LogP contribution in [0.2, 0.25) is 0 Å². The number of aromatic nitrogens is 1. The quantitative estimate of drug-likeness (QED) is 0.497. The predicted molar refractivity (Wildman–Crippen MR) is 101 cm³/mol. The van der Waals surface area contributed by atoms with Gasteiger partial charge in [-0.2, -0.15) is 0 Å². The second-order valence-corrected chi connectivity index (χ2v) is 6.79. The first-order valence-electron chi connectivity index (χ1n) is 8.39. The Morgan fingerprint density at radius 2 is 2.04 bits per heavy atom. The summed E-state index contributed by atoms with van der Waals surface area (Å²) in [6.45, 7) is 4.83. The van der Waals surface area contributed by atoms with E-state index in [1.807, 2.05) is 6.92 Å². The van der Waals surface area contributed by atoms with E-state index in [0.29, 0.717) is 18.0 Å². The van der Waals surface area contributed by atoms with Gasteiger partial charge in [-0.25, -0.2) is 4.98 Å². The summed E-state index contributed by atoms with van der Waals surface area (Å²) in [5, 5.41) is 6.25. The van der Waals surface area contributed by atoms with Crippen LogP contribution < -0.4 is 10.6 Å². The van der Waals surface area contributed by atoms with Crippen LogP contribution in [0.4, 0.5) is 0 Å². The Bertz CT molecular complexity index is 770. The third-order valence-electron chi connectivity index (χ3n) is 4.29. The monoisotopic (exact) mass is 357 g/mol. The van der Waals surface area contributed by atoms with Crippen molar-refractivity contribution in [3.8, 4) is 0 Å². The molecule has 0 saturated carbocycles. The average molecular weight is 357 g/mol. The molecule has 2 heterocycles. The van der Waals surface area contributed by atoms with Crippen molar-refractivity contribution in [1.82, 2.24) is 20.5 Å². The summed E-state index contributed by atoms with van der Waals surface area (Å²) in [5.41, 5.74) is 5.24. The van der Waals surface area contributed by atoms with E-state index in [2.05, 4.69) is 49.8 Å². The Labute approximate surface area is 152 Å². The topological polar surface area (TPSA) is 69.6 Å². The molecule has 132 valence electrons. The number of benzene rings is 1. The number of hydrogen-bond acceptors (Lipinski definition) is 4. The van der Waals surface area contributed by atoms with E-state index in [4.69, 9.17) is 0 Å². The van der Waals surface area contributed by atoms with Crippen molar-refractivity contribution in [2.75, 3.05) is 26.7 Å². The highest BCUT2D eigenvalue weighted by atomic mass is 32.1. The lowest BCUT2D eigenvalue weighted by Gasteiger charge is -2.31. The van der Waals surface area contributed by atoms with Crippen LogP contribution in [0.3, 0.4) is 0 Å². The molecule has 0 spiro atoms. The molecular weight excluding hydrogens is 334 g/mol. The smallest absolute Gasteiger partial charge is 0.263 e. The Balaban J connectivity index is 1.47. The van der Waals surface area contributed by atoms with Crippen molar-refractivity contribution >= 4 is 23.2 Å². The van der Waals surface area contributed by atoms with Gasteiger partial charge in [0, 0.05) is 33.2 Å². The lowest BCUT2D eigenvalue weighted by molar-refractivity contribution is 0.0957. The van der Waals surface area contributed by atoms with Crippen LogP contribution in [0.25, 0.3) is 0 Å². The summed E-state index contributed by atoms with van der Waals surface area (Å²) < 4.78 is 0. The zero-order valence-corrected chi connectivity index (χ0v) is 15.4. The Kier molecular flexibility index (Phi) is 5.65. The first-order valence-corrected chi connectivity index (χ1v) is 9.27. The lowest BCUT2D eigenvalue weighted by atomic mass is 10.0. The highest BCUT2D eigenvalue weighted by Gasteiger charge is 2.18. The van der Waals surface area contributed by atoms with Crippen molar-refractivity contribution in [2.45, 2.75) is 19.9 Å². The average Bonchev–Trinajstić information content (AvgIpc) is 3.07. The van der Waals surface area contributed by atoms with Crippen molar-refractivity contribution in [2.24, 2.45) is 4.99 Å². The third-order valence-corrected chi connectivity index (χ3v) is 5.21. The van der Waals surface area contributed by atoms with Gasteiger partial charge in [0.25, 0.3) is 5.91 Å². The van der Waals surface area contributed by atoms with Crippen LogP contribution in [0.1, 0.15) is 26.5 Å². The maximum absolute atomic E-state index is 12.1. The van der Waals surface area contributed by atoms with Gasteiger partial charge >= 0.3 is 0 Å². The standard InChI is InChI=1S/C18H23N5OS/c1-13-16(25-12-22-13)17(24)20-8-9-21-18(19-2)23-10-7-14-5-3-4-6-15(14)11-23/h3-6,12H,7-11H2,1-2H3,(H,19,21)(H,20,24). The van der Waals surface area contributed by atoms with Gasteiger partial charge in [-0.3, -0.25) is 9.79 Å². The minimum absolute atomic E-state index is 0.0660. The van der Waals surface area contributed by atoms with Crippen LogP contribution in [0.15, 0.2) is 34.8 Å². The SMILES string of the molecule is CN=C(NCCNC(=O)c1scnc1C)N1CCc2ccccc2C1. The molecular formula is C18H23N5OS. The van der Waals surface area contributed by atoms with E-state index in [1.54, 1.807) is 12.6 Å². The van der Waals surface area contributed by atoms with Crippen LogP contribution in [-0.2, 0) is 13.0 Å². The van der Waals surface area contributed by atoms with E-state index >= 15 is 0 Å². The van der Waals surface area contributed by atoms with Crippen LogP contribution in [0.5, 0.6) is 0 Å². The Morgan fingerprint density at radius 3 is 2.76 bits per heavy atom. The predicted octanol–water partition coefficient (Wildman–Crippen LogP) is 1.82. The summed E-state index contributed by atoms with van der Waals surface area (Å²) in [6, 6.07) is 8.54. The van der Waals surface area contributed by atoms with Crippen molar-refractivity contribution in [3.63, 3.8) is 0 Å². The molecule has 7 heteroatoms. The second-order valence-electron chi connectivity index (χ2n) is 5.94. The summed E-state index contributed by atoms with van der Waals surface area (Å²) in [7, 11) is 1.79. The van der Waals surface area contributed by atoms with E-state index in [-0.39, 0.29) is 5.91 Å². The van der Waals surface area contributed by atoms with Gasteiger partial charge in [0.15, 0.2) is 5.96 Å². The maximum atomic E-state index is 12.1. The van der Waals surface area contributed by atoms with Gasteiger partial charge in [0.05, 0.1) is 11.2 Å². The van der Waals surface area contributed by atoms with Gasteiger partial charge in [-0.05, 0) is 24.5 Å². The first kappa shape index (κ1) is 17.4. The Hall–Kier alpha value is -2.41. The number of carbonyl (C=O) groups is 1. The van der Waals surface area contributed by atoms with Crippen LogP contribution in [-0.4, -0.2) is 48.4 Å². The molecule has 0 radical (unpaired) electrons. The molecule has 0 aliphatic carbocycles. The summed E-state index contributed by atoms with van der Waals surface area (Å²) in [6.07, 6.45) is 1.03. The first-order chi connectivity index (χ1) is 12.2. The number of amides is 1. The van der Waals surface area contributed by atoms with Gasteiger partial charge in [-0.15, -0.1) is 11.3 Å². The number of thiazole rings is 1. The molecule has 0 unspecified atom stereocenters. The second kappa shape index (κ2) is 8.11. The highest BCUT2D eigenvalue weighted by molar-refractivity contribution is 7.11. The zero-order valence-electron chi connectivity index (χ0n) is 14.6. The minimum atomic E-state index is -0.0660. The zero-order chi connectivity index (χ0) is 17.6. The number of aryl methyl sites for hydroxylation is 1.